The number of nitrogens with zero attached hydrogens (tertiary/aromatic N) is 2. The molecule has 0 saturated carbocycles. The molecule has 1 unspecified atom stereocenters. The van der Waals surface area contributed by atoms with Crippen LogP contribution in [0.2, 0.25) is 0 Å². The van der Waals surface area contributed by atoms with Crippen LogP contribution in [-0.2, 0) is 0 Å². The number of hydrogen-bond acceptors (Lipinski definition) is 2. The van der Waals surface area contributed by atoms with Crippen molar-refractivity contribution in [1.29, 1.82) is 5.41 Å². The van der Waals surface area contributed by atoms with Gasteiger partial charge < -0.3 is 9.80 Å². The Balaban J connectivity index is 1.79. The molecular weight excluding hydrogens is 186 g/mol. The molecule has 1 N–H and O–H groups in total. The number of amidine groups is 1. The zero-order chi connectivity index (χ0) is 10.8. The molecule has 2 heterocycles. The lowest BCUT2D eigenvalue weighted by Crippen LogP contribution is -2.33. The van der Waals surface area contributed by atoms with Crippen molar-refractivity contribution in [2.75, 3.05) is 26.2 Å². The molecule has 0 aliphatic carbocycles. The molecule has 3 nitrogen and oxygen atoms in total. The minimum Gasteiger partial charge on any atom is -0.360 e. The Bertz CT molecular complexity index is 237. The third-order valence-electron chi connectivity index (χ3n) is 3.75. The summed E-state index contributed by atoms with van der Waals surface area (Å²) >= 11 is 0. The first-order valence-corrected chi connectivity index (χ1v) is 6.23. The monoisotopic (exact) mass is 209 g/mol. The maximum absolute atomic E-state index is 7.82. The molecule has 0 aromatic carbocycles. The summed E-state index contributed by atoms with van der Waals surface area (Å²) in [5.41, 5.74) is 0. The Hall–Kier alpha value is -0.570. The van der Waals surface area contributed by atoms with Crippen LogP contribution in [0.1, 0.15) is 33.1 Å². The van der Waals surface area contributed by atoms with Gasteiger partial charge in [-0.1, -0.05) is 0 Å². The molecule has 86 valence electrons. The van der Waals surface area contributed by atoms with Crippen LogP contribution in [-0.4, -0.2) is 47.9 Å². The second-order valence-electron chi connectivity index (χ2n) is 5.24. The Labute approximate surface area is 92.9 Å². The van der Waals surface area contributed by atoms with Crippen LogP contribution < -0.4 is 0 Å². The zero-order valence-corrected chi connectivity index (χ0v) is 10.00. The molecule has 0 aromatic rings. The summed E-state index contributed by atoms with van der Waals surface area (Å²) in [6.45, 7) is 9.30. The van der Waals surface area contributed by atoms with Gasteiger partial charge in [-0.05, 0) is 39.2 Å². The fraction of sp³-hybridized carbons (Fsp3) is 0.917. The first-order valence-electron chi connectivity index (χ1n) is 6.23. The molecule has 0 bridgehead atoms. The minimum absolute atomic E-state index is 0.688. The number of nitrogens with one attached hydrogen (secondary N) is 1. The number of hydrogen-bond donors (Lipinski definition) is 1. The lowest BCUT2D eigenvalue weighted by molar-refractivity contribution is 0.255. The first-order chi connectivity index (χ1) is 7.16. The third kappa shape index (κ3) is 2.51. The highest BCUT2D eigenvalue weighted by Crippen LogP contribution is 2.21. The van der Waals surface area contributed by atoms with Gasteiger partial charge in [0, 0.05) is 32.1 Å². The molecule has 0 aromatic heterocycles. The Morgan fingerprint density at radius 2 is 2.20 bits per heavy atom. The Kier molecular flexibility index (Phi) is 3.29. The summed E-state index contributed by atoms with van der Waals surface area (Å²) in [6, 6.07) is 0.688. The van der Waals surface area contributed by atoms with E-state index in [9.17, 15) is 0 Å². The summed E-state index contributed by atoms with van der Waals surface area (Å²) in [5.74, 6) is 1.67. The van der Waals surface area contributed by atoms with Crippen LogP contribution in [0, 0.1) is 11.3 Å². The minimum atomic E-state index is 0.688. The van der Waals surface area contributed by atoms with Crippen molar-refractivity contribution >= 4 is 5.84 Å². The predicted octanol–water partition coefficient (Wildman–Crippen LogP) is 1.79. The molecule has 2 aliphatic rings. The largest absolute Gasteiger partial charge is 0.360 e. The highest BCUT2D eigenvalue weighted by atomic mass is 15.2. The number of rotatable bonds is 3. The van der Waals surface area contributed by atoms with Crippen molar-refractivity contribution in [3.8, 4) is 0 Å². The fourth-order valence-corrected chi connectivity index (χ4v) is 2.72. The van der Waals surface area contributed by atoms with E-state index in [1.165, 1.54) is 25.9 Å². The van der Waals surface area contributed by atoms with Gasteiger partial charge >= 0.3 is 0 Å². The van der Waals surface area contributed by atoms with Crippen LogP contribution >= 0.6 is 0 Å². The Morgan fingerprint density at radius 1 is 1.40 bits per heavy atom. The molecule has 2 rings (SSSR count). The van der Waals surface area contributed by atoms with Crippen molar-refractivity contribution < 1.29 is 0 Å². The van der Waals surface area contributed by atoms with Gasteiger partial charge in [0.15, 0.2) is 0 Å². The van der Waals surface area contributed by atoms with E-state index in [-0.39, 0.29) is 0 Å². The topological polar surface area (TPSA) is 30.3 Å². The van der Waals surface area contributed by atoms with Gasteiger partial charge in [-0.2, -0.15) is 0 Å². The van der Waals surface area contributed by atoms with E-state index in [1.807, 2.05) is 0 Å². The third-order valence-corrected chi connectivity index (χ3v) is 3.75. The lowest BCUT2D eigenvalue weighted by atomic mass is 10.1. The van der Waals surface area contributed by atoms with Gasteiger partial charge in [0.05, 0.1) is 5.84 Å². The quantitative estimate of drug-likeness (QED) is 0.768. The van der Waals surface area contributed by atoms with Crippen LogP contribution in [0.3, 0.4) is 0 Å². The predicted molar refractivity (Wildman–Crippen MR) is 63.3 cm³/mol. The van der Waals surface area contributed by atoms with Crippen LogP contribution in [0.25, 0.3) is 0 Å². The van der Waals surface area contributed by atoms with Gasteiger partial charge in [0.25, 0.3) is 0 Å². The zero-order valence-electron chi connectivity index (χ0n) is 10.00. The molecule has 0 amide bonds. The molecular formula is C12H23N3. The molecule has 2 fully saturated rings. The lowest BCUT2D eigenvalue weighted by Gasteiger charge is -2.24. The van der Waals surface area contributed by atoms with Gasteiger partial charge in [0.2, 0.25) is 0 Å². The van der Waals surface area contributed by atoms with Gasteiger partial charge in [-0.25, -0.2) is 0 Å². The molecule has 0 spiro atoms. The van der Waals surface area contributed by atoms with E-state index in [0.29, 0.717) is 6.04 Å². The highest BCUT2D eigenvalue weighted by Gasteiger charge is 2.27. The van der Waals surface area contributed by atoms with Crippen molar-refractivity contribution in [3.05, 3.63) is 0 Å². The summed E-state index contributed by atoms with van der Waals surface area (Å²) in [4.78, 5) is 4.85. The van der Waals surface area contributed by atoms with Crippen molar-refractivity contribution in [2.24, 2.45) is 5.92 Å². The van der Waals surface area contributed by atoms with E-state index in [4.69, 9.17) is 5.41 Å². The summed E-state index contributed by atoms with van der Waals surface area (Å²) in [5, 5.41) is 7.82. The average molecular weight is 209 g/mol. The normalized spacial score (nSPS) is 28.3. The van der Waals surface area contributed by atoms with E-state index in [0.717, 1.165) is 31.3 Å². The van der Waals surface area contributed by atoms with E-state index in [1.54, 1.807) is 0 Å². The highest BCUT2D eigenvalue weighted by molar-refractivity contribution is 5.80. The molecule has 2 saturated heterocycles. The second kappa shape index (κ2) is 4.52. The maximum atomic E-state index is 7.82. The molecule has 1 atom stereocenters. The van der Waals surface area contributed by atoms with Crippen LogP contribution in [0.4, 0.5) is 0 Å². The van der Waals surface area contributed by atoms with Crippen LogP contribution in [0.15, 0.2) is 0 Å². The summed E-state index contributed by atoms with van der Waals surface area (Å²) < 4.78 is 0. The first kappa shape index (κ1) is 10.9. The summed E-state index contributed by atoms with van der Waals surface area (Å²) in [6.07, 6.45) is 3.52. The van der Waals surface area contributed by atoms with E-state index >= 15 is 0 Å². The molecule has 2 aliphatic heterocycles. The van der Waals surface area contributed by atoms with E-state index < -0.39 is 0 Å². The summed E-state index contributed by atoms with van der Waals surface area (Å²) in [7, 11) is 0. The molecule has 0 radical (unpaired) electrons. The standard InChI is InChI=1S/C12H23N3/c1-10(2)14-7-5-11(8-14)9-15-6-3-4-12(15)13/h10-11,13H,3-9H2,1-2H3. The number of likely N-dealkylation sites (tertiary alicyclic amines) is 2. The molecule has 3 heteroatoms. The van der Waals surface area contributed by atoms with Crippen molar-refractivity contribution in [1.82, 2.24) is 9.80 Å². The van der Waals surface area contributed by atoms with Crippen molar-refractivity contribution in [3.63, 3.8) is 0 Å². The van der Waals surface area contributed by atoms with E-state index in [2.05, 4.69) is 23.6 Å². The maximum Gasteiger partial charge on any atom is 0.0958 e. The van der Waals surface area contributed by atoms with Crippen molar-refractivity contribution in [2.45, 2.75) is 39.2 Å². The average Bonchev–Trinajstić information content (AvgIpc) is 2.77. The molecule has 15 heavy (non-hydrogen) atoms. The Morgan fingerprint density at radius 3 is 2.73 bits per heavy atom. The van der Waals surface area contributed by atoms with Gasteiger partial charge in [0.1, 0.15) is 0 Å². The fourth-order valence-electron chi connectivity index (χ4n) is 2.72. The van der Waals surface area contributed by atoms with Gasteiger partial charge in [-0.15, -0.1) is 0 Å². The van der Waals surface area contributed by atoms with Crippen LogP contribution in [0.5, 0.6) is 0 Å². The second-order valence-corrected chi connectivity index (χ2v) is 5.24. The van der Waals surface area contributed by atoms with Gasteiger partial charge in [-0.3, -0.25) is 5.41 Å². The SMILES string of the molecule is CC(C)N1CCC(CN2CCCC2=N)C1. The smallest absolute Gasteiger partial charge is 0.0958 e.